The van der Waals surface area contributed by atoms with Gasteiger partial charge in [0.2, 0.25) is 0 Å². The first-order valence-electron chi connectivity index (χ1n) is 7.33. The number of alkyl halides is 2. The quantitative estimate of drug-likeness (QED) is 0.645. The van der Waals surface area contributed by atoms with Crippen LogP contribution in [-0.4, -0.2) is 43.0 Å². The molecular formula is C16H20F2N2O3. The number of benzene rings is 1. The average Bonchev–Trinajstić information content (AvgIpc) is 2.66. The highest BCUT2D eigenvalue weighted by atomic mass is 19.3. The average molecular weight is 326 g/mol. The minimum absolute atomic E-state index is 0.0577. The normalized spacial score (nSPS) is 21.2. The molecule has 7 heteroatoms. The molecule has 0 aliphatic carbocycles. The highest BCUT2D eigenvalue weighted by Crippen LogP contribution is 2.31. The maximum atomic E-state index is 12.6. The molecule has 0 radical (unpaired) electrons. The zero-order valence-electron chi connectivity index (χ0n) is 13.4. The van der Waals surface area contributed by atoms with Gasteiger partial charge in [-0.25, -0.2) is 13.6 Å². The van der Waals surface area contributed by atoms with Gasteiger partial charge < -0.3 is 10.1 Å². The summed E-state index contributed by atoms with van der Waals surface area (Å²) >= 11 is 0. The highest BCUT2D eigenvalue weighted by Gasteiger charge is 2.49. The predicted octanol–water partition coefficient (Wildman–Crippen LogP) is 2.35. The second kappa shape index (κ2) is 6.62. The molecule has 1 aromatic rings. The van der Waals surface area contributed by atoms with Gasteiger partial charge in [0.1, 0.15) is 12.1 Å². The van der Waals surface area contributed by atoms with Crippen molar-refractivity contribution < 1.29 is 23.1 Å². The standard InChI is InChI=1S/C16H20F2N2O3/c1-10-4-5-12(11(2)8-10)16(3)14(21)20(15(22)19-16)6-7-23-9-13(17)18/h4-5,8,13H,6-7,9H2,1-3H3,(H,19,22)/t16-/m0/s1. The maximum absolute atomic E-state index is 12.6. The van der Waals surface area contributed by atoms with Crippen LogP contribution >= 0.6 is 0 Å². The Balaban J connectivity index is 2.13. The summed E-state index contributed by atoms with van der Waals surface area (Å²) in [6.45, 7) is 4.58. The van der Waals surface area contributed by atoms with Crippen LogP contribution in [0.5, 0.6) is 0 Å². The second-order valence-corrected chi connectivity index (χ2v) is 5.80. The molecular weight excluding hydrogens is 306 g/mol. The van der Waals surface area contributed by atoms with E-state index in [-0.39, 0.29) is 13.2 Å². The summed E-state index contributed by atoms with van der Waals surface area (Å²) in [6.07, 6.45) is -2.57. The first-order valence-corrected chi connectivity index (χ1v) is 7.33. The van der Waals surface area contributed by atoms with Gasteiger partial charge >= 0.3 is 6.03 Å². The number of carbonyl (C=O) groups excluding carboxylic acids is 2. The zero-order valence-corrected chi connectivity index (χ0v) is 13.4. The van der Waals surface area contributed by atoms with E-state index in [9.17, 15) is 18.4 Å². The van der Waals surface area contributed by atoms with Gasteiger partial charge in [0.25, 0.3) is 12.3 Å². The van der Waals surface area contributed by atoms with Gasteiger partial charge in [-0.15, -0.1) is 0 Å². The number of imide groups is 1. The summed E-state index contributed by atoms with van der Waals surface area (Å²) in [5, 5.41) is 2.69. The van der Waals surface area contributed by atoms with Crippen LogP contribution in [-0.2, 0) is 15.1 Å². The number of urea groups is 1. The molecule has 1 aliphatic heterocycles. The van der Waals surface area contributed by atoms with Crippen molar-refractivity contribution in [2.75, 3.05) is 19.8 Å². The van der Waals surface area contributed by atoms with Crippen molar-refractivity contribution in [1.29, 1.82) is 0 Å². The Bertz CT molecular complexity index is 621. The lowest BCUT2D eigenvalue weighted by Gasteiger charge is -2.24. The highest BCUT2D eigenvalue weighted by molar-refractivity contribution is 6.07. The van der Waals surface area contributed by atoms with E-state index < -0.39 is 30.5 Å². The lowest BCUT2D eigenvalue weighted by atomic mass is 9.88. The van der Waals surface area contributed by atoms with Crippen LogP contribution in [0.4, 0.5) is 13.6 Å². The molecule has 1 atom stereocenters. The molecule has 1 N–H and O–H groups in total. The van der Waals surface area contributed by atoms with Crippen molar-refractivity contribution in [3.63, 3.8) is 0 Å². The van der Waals surface area contributed by atoms with Crippen molar-refractivity contribution in [3.05, 3.63) is 34.9 Å². The number of ether oxygens (including phenoxy) is 1. The largest absolute Gasteiger partial charge is 0.374 e. The molecule has 1 aliphatic rings. The Morgan fingerprint density at radius 3 is 2.61 bits per heavy atom. The third-order valence-electron chi connectivity index (χ3n) is 3.90. The van der Waals surface area contributed by atoms with E-state index in [2.05, 4.69) is 5.32 Å². The molecule has 126 valence electrons. The smallest absolute Gasteiger partial charge is 0.325 e. The monoisotopic (exact) mass is 326 g/mol. The Labute approximate surface area is 133 Å². The Morgan fingerprint density at radius 1 is 1.30 bits per heavy atom. The summed E-state index contributed by atoms with van der Waals surface area (Å²) < 4.78 is 28.8. The molecule has 5 nitrogen and oxygen atoms in total. The third-order valence-corrected chi connectivity index (χ3v) is 3.90. The van der Waals surface area contributed by atoms with Crippen molar-refractivity contribution in [3.8, 4) is 0 Å². The van der Waals surface area contributed by atoms with E-state index in [0.29, 0.717) is 0 Å². The SMILES string of the molecule is Cc1ccc([C@]2(C)NC(=O)N(CCOCC(F)F)C2=O)c(C)c1. The Hall–Kier alpha value is -2.02. The van der Waals surface area contributed by atoms with Gasteiger partial charge in [0.15, 0.2) is 0 Å². The van der Waals surface area contributed by atoms with Crippen molar-refractivity contribution in [1.82, 2.24) is 10.2 Å². The fraction of sp³-hybridized carbons (Fsp3) is 0.500. The van der Waals surface area contributed by atoms with Crippen molar-refractivity contribution >= 4 is 11.9 Å². The number of nitrogens with one attached hydrogen (secondary N) is 1. The second-order valence-electron chi connectivity index (χ2n) is 5.80. The molecule has 1 saturated heterocycles. The number of carbonyl (C=O) groups is 2. The van der Waals surface area contributed by atoms with Crippen molar-refractivity contribution in [2.45, 2.75) is 32.7 Å². The minimum Gasteiger partial charge on any atom is -0.374 e. The van der Waals surface area contributed by atoms with Gasteiger partial charge in [-0.3, -0.25) is 9.69 Å². The summed E-state index contributed by atoms with van der Waals surface area (Å²) in [5.74, 6) is -0.407. The van der Waals surface area contributed by atoms with Gasteiger partial charge in [-0.2, -0.15) is 0 Å². The number of nitrogens with zero attached hydrogens (tertiary/aromatic N) is 1. The van der Waals surface area contributed by atoms with Crippen molar-refractivity contribution in [2.24, 2.45) is 0 Å². The molecule has 1 aromatic carbocycles. The van der Waals surface area contributed by atoms with Gasteiger partial charge in [-0.1, -0.05) is 23.8 Å². The number of hydrogen-bond acceptors (Lipinski definition) is 3. The van der Waals surface area contributed by atoms with Crippen LogP contribution in [0.3, 0.4) is 0 Å². The van der Waals surface area contributed by atoms with Crippen LogP contribution in [0.2, 0.25) is 0 Å². The molecule has 0 bridgehead atoms. The number of halogens is 2. The molecule has 3 amide bonds. The lowest BCUT2D eigenvalue weighted by Crippen LogP contribution is -2.41. The number of aryl methyl sites for hydroxylation is 2. The number of hydrogen-bond donors (Lipinski definition) is 1. The van der Waals surface area contributed by atoms with E-state index in [1.165, 1.54) is 0 Å². The molecule has 0 aromatic heterocycles. The molecule has 2 rings (SSSR count). The number of amides is 3. The van der Waals surface area contributed by atoms with E-state index in [1.807, 2.05) is 32.0 Å². The first kappa shape index (κ1) is 17.3. The summed E-state index contributed by atoms with van der Waals surface area (Å²) in [4.78, 5) is 25.7. The molecule has 23 heavy (non-hydrogen) atoms. The van der Waals surface area contributed by atoms with Crippen LogP contribution in [0.1, 0.15) is 23.6 Å². The number of rotatable bonds is 6. The van der Waals surface area contributed by atoms with E-state index >= 15 is 0 Å². The summed E-state index contributed by atoms with van der Waals surface area (Å²) in [5.41, 5.74) is 1.52. The maximum Gasteiger partial charge on any atom is 0.325 e. The molecule has 0 saturated carbocycles. The van der Waals surface area contributed by atoms with Gasteiger partial charge in [-0.05, 0) is 31.9 Å². The molecule has 0 unspecified atom stereocenters. The third kappa shape index (κ3) is 3.50. The summed E-state index contributed by atoms with van der Waals surface area (Å²) in [6, 6.07) is 5.09. The fourth-order valence-electron chi connectivity index (χ4n) is 2.79. The van der Waals surface area contributed by atoms with Crippen LogP contribution in [0, 0.1) is 13.8 Å². The van der Waals surface area contributed by atoms with Crippen LogP contribution in [0.25, 0.3) is 0 Å². The van der Waals surface area contributed by atoms with Crippen LogP contribution in [0.15, 0.2) is 18.2 Å². The minimum atomic E-state index is -2.57. The van der Waals surface area contributed by atoms with Gasteiger partial charge in [0, 0.05) is 0 Å². The van der Waals surface area contributed by atoms with E-state index in [4.69, 9.17) is 4.74 Å². The van der Waals surface area contributed by atoms with E-state index in [1.54, 1.807) is 6.92 Å². The Kier molecular flexibility index (Phi) is 4.99. The predicted molar refractivity (Wildman–Crippen MR) is 80.3 cm³/mol. The lowest BCUT2D eigenvalue weighted by molar-refractivity contribution is -0.131. The Morgan fingerprint density at radius 2 is 2.00 bits per heavy atom. The summed E-state index contributed by atoms with van der Waals surface area (Å²) in [7, 11) is 0. The fourth-order valence-corrected chi connectivity index (χ4v) is 2.79. The molecule has 0 spiro atoms. The molecule has 1 heterocycles. The topological polar surface area (TPSA) is 58.6 Å². The van der Waals surface area contributed by atoms with Gasteiger partial charge in [0.05, 0.1) is 13.2 Å². The first-order chi connectivity index (χ1) is 10.8. The van der Waals surface area contributed by atoms with Crippen LogP contribution < -0.4 is 5.32 Å². The molecule has 1 fully saturated rings. The zero-order chi connectivity index (χ0) is 17.2. The van der Waals surface area contributed by atoms with E-state index in [0.717, 1.165) is 21.6 Å².